The Balaban J connectivity index is 2.52. The molecule has 2 N–H and O–H groups in total. The van der Waals surface area contributed by atoms with Gasteiger partial charge in [0.1, 0.15) is 5.75 Å². The van der Waals surface area contributed by atoms with Gasteiger partial charge < -0.3 is 15.0 Å². The lowest BCUT2D eigenvalue weighted by Gasteiger charge is -2.17. The Bertz CT molecular complexity index is 643. The molecule has 2 rings (SSSR count). The highest BCUT2D eigenvalue weighted by atomic mass is 16.5. The number of rotatable bonds is 4. The third-order valence-corrected chi connectivity index (χ3v) is 3.12. The number of benzene rings is 1. The molecule has 0 bridgehead atoms. The van der Waals surface area contributed by atoms with Gasteiger partial charge in [0.2, 0.25) is 0 Å². The van der Waals surface area contributed by atoms with Gasteiger partial charge in [-0.25, -0.2) is 0 Å². The minimum absolute atomic E-state index is 0.0487. The summed E-state index contributed by atoms with van der Waals surface area (Å²) in [6.45, 7) is 6.53. The minimum Gasteiger partial charge on any atom is -0.494 e. The number of nitrogens with two attached hydrogens (primary N) is 1. The number of aromatic nitrogens is 1. The predicted molar refractivity (Wildman–Crippen MR) is 82.1 cm³/mol. The fourth-order valence-electron chi connectivity index (χ4n) is 2.21. The van der Waals surface area contributed by atoms with Crippen molar-refractivity contribution in [1.29, 1.82) is 0 Å². The van der Waals surface area contributed by atoms with Crippen LogP contribution in [0.15, 0.2) is 41.2 Å². The summed E-state index contributed by atoms with van der Waals surface area (Å²) in [5.41, 5.74) is 7.68. The third-order valence-electron chi connectivity index (χ3n) is 3.12. The summed E-state index contributed by atoms with van der Waals surface area (Å²) in [6, 6.07) is 11.3. The summed E-state index contributed by atoms with van der Waals surface area (Å²) in [6.07, 6.45) is 0. The molecule has 0 atom stereocenters. The van der Waals surface area contributed by atoms with E-state index in [-0.39, 0.29) is 17.3 Å². The number of nitrogen functional groups attached to an aromatic ring is 1. The maximum Gasteiger partial charge on any atom is 0.274 e. The summed E-state index contributed by atoms with van der Waals surface area (Å²) in [5, 5.41) is 0. The zero-order chi connectivity index (χ0) is 14.7. The molecule has 0 saturated heterocycles. The summed E-state index contributed by atoms with van der Waals surface area (Å²) in [5.74, 6) is 0.824. The van der Waals surface area contributed by atoms with Crippen molar-refractivity contribution in [3.05, 3.63) is 46.8 Å². The van der Waals surface area contributed by atoms with Gasteiger partial charge in [0.05, 0.1) is 18.0 Å². The van der Waals surface area contributed by atoms with E-state index in [1.54, 1.807) is 10.6 Å². The second-order valence-corrected chi connectivity index (χ2v) is 4.90. The second kappa shape index (κ2) is 5.82. The largest absolute Gasteiger partial charge is 0.494 e. The standard InChI is InChI=1S/C16H20N2O2/c1-4-20-13-7-5-12(6-8-13)15-10-9-14(17)16(19)18(15)11(2)3/h5-11H,4,17H2,1-3H3. The molecule has 1 aromatic carbocycles. The zero-order valence-electron chi connectivity index (χ0n) is 12.1. The van der Waals surface area contributed by atoms with E-state index in [1.165, 1.54) is 0 Å². The molecule has 0 radical (unpaired) electrons. The first-order valence-electron chi connectivity index (χ1n) is 6.78. The average Bonchev–Trinajstić information content (AvgIpc) is 2.42. The average molecular weight is 272 g/mol. The van der Waals surface area contributed by atoms with Crippen LogP contribution < -0.4 is 16.0 Å². The Morgan fingerprint density at radius 3 is 2.35 bits per heavy atom. The molecule has 2 aromatic rings. The van der Waals surface area contributed by atoms with Crippen LogP contribution >= 0.6 is 0 Å². The fraction of sp³-hybridized carbons (Fsp3) is 0.312. The van der Waals surface area contributed by atoms with E-state index < -0.39 is 0 Å². The van der Waals surface area contributed by atoms with Crippen molar-refractivity contribution in [1.82, 2.24) is 4.57 Å². The first-order valence-corrected chi connectivity index (χ1v) is 6.78. The maximum absolute atomic E-state index is 12.2. The third kappa shape index (κ3) is 2.69. The van der Waals surface area contributed by atoms with Gasteiger partial charge in [-0.3, -0.25) is 4.79 Å². The van der Waals surface area contributed by atoms with E-state index in [0.29, 0.717) is 6.61 Å². The van der Waals surface area contributed by atoms with Gasteiger partial charge in [-0.1, -0.05) is 0 Å². The molecule has 1 heterocycles. The zero-order valence-corrected chi connectivity index (χ0v) is 12.1. The van der Waals surface area contributed by atoms with E-state index in [2.05, 4.69) is 0 Å². The molecule has 0 aliphatic carbocycles. The van der Waals surface area contributed by atoms with Crippen molar-refractivity contribution in [3.8, 4) is 17.0 Å². The Morgan fingerprint density at radius 2 is 1.80 bits per heavy atom. The number of ether oxygens (including phenoxy) is 1. The van der Waals surface area contributed by atoms with Crippen LogP contribution in [0.5, 0.6) is 5.75 Å². The summed E-state index contributed by atoms with van der Waals surface area (Å²) in [7, 11) is 0. The fourth-order valence-corrected chi connectivity index (χ4v) is 2.21. The lowest BCUT2D eigenvalue weighted by atomic mass is 10.1. The molecule has 20 heavy (non-hydrogen) atoms. The summed E-state index contributed by atoms with van der Waals surface area (Å²) in [4.78, 5) is 12.2. The van der Waals surface area contributed by atoms with Crippen molar-refractivity contribution >= 4 is 5.69 Å². The predicted octanol–water partition coefficient (Wildman–Crippen LogP) is 3.08. The molecule has 0 unspecified atom stereocenters. The molecule has 1 aromatic heterocycles. The van der Waals surface area contributed by atoms with Crippen molar-refractivity contribution in [2.75, 3.05) is 12.3 Å². The van der Waals surface area contributed by atoms with Crippen LogP contribution in [0.2, 0.25) is 0 Å². The van der Waals surface area contributed by atoms with Gasteiger partial charge in [0, 0.05) is 6.04 Å². The molecule has 106 valence electrons. The molecular weight excluding hydrogens is 252 g/mol. The van der Waals surface area contributed by atoms with Crippen molar-refractivity contribution < 1.29 is 4.74 Å². The van der Waals surface area contributed by atoms with Crippen molar-refractivity contribution in [3.63, 3.8) is 0 Å². The minimum atomic E-state index is -0.147. The number of hydrogen-bond donors (Lipinski definition) is 1. The van der Waals surface area contributed by atoms with Gasteiger partial charge >= 0.3 is 0 Å². The monoisotopic (exact) mass is 272 g/mol. The summed E-state index contributed by atoms with van der Waals surface area (Å²) < 4.78 is 7.14. The first kappa shape index (κ1) is 14.2. The van der Waals surface area contributed by atoms with Gasteiger partial charge in [-0.2, -0.15) is 0 Å². The van der Waals surface area contributed by atoms with Crippen molar-refractivity contribution in [2.45, 2.75) is 26.8 Å². The maximum atomic E-state index is 12.2. The molecule has 0 spiro atoms. The quantitative estimate of drug-likeness (QED) is 0.930. The van der Waals surface area contributed by atoms with Crippen LogP contribution in [0, 0.1) is 0 Å². The number of nitrogens with zero attached hydrogens (tertiary/aromatic N) is 1. The molecule has 0 saturated carbocycles. The van der Waals surface area contributed by atoms with E-state index in [1.807, 2.05) is 51.1 Å². The summed E-state index contributed by atoms with van der Waals surface area (Å²) >= 11 is 0. The van der Waals surface area contributed by atoms with Crippen LogP contribution in [-0.2, 0) is 0 Å². The Kier molecular flexibility index (Phi) is 4.13. The van der Waals surface area contributed by atoms with E-state index in [4.69, 9.17) is 10.5 Å². The first-order chi connectivity index (χ1) is 9.54. The molecule has 4 nitrogen and oxygen atoms in total. The van der Waals surface area contributed by atoms with Gasteiger partial charge in [0.25, 0.3) is 5.56 Å². The SMILES string of the molecule is CCOc1ccc(-c2ccc(N)c(=O)n2C(C)C)cc1. The Hall–Kier alpha value is -2.23. The van der Waals surface area contributed by atoms with E-state index >= 15 is 0 Å². The lowest BCUT2D eigenvalue weighted by molar-refractivity contribution is 0.340. The van der Waals surface area contributed by atoms with Crippen LogP contribution in [0.25, 0.3) is 11.3 Å². The molecule has 4 heteroatoms. The van der Waals surface area contributed by atoms with Crippen LogP contribution in [0.4, 0.5) is 5.69 Å². The van der Waals surface area contributed by atoms with Crippen molar-refractivity contribution in [2.24, 2.45) is 0 Å². The van der Waals surface area contributed by atoms with E-state index in [0.717, 1.165) is 17.0 Å². The Labute approximate surface area is 118 Å². The topological polar surface area (TPSA) is 57.2 Å². The number of pyridine rings is 1. The molecule has 0 amide bonds. The van der Waals surface area contributed by atoms with Crippen LogP contribution in [-0.4, -0.2) is 11.2 Å². The highest BCUT2D eigenvalue weighted by Gasteiger charge is 2.11. The van der Waals surface area contributed by atoms with Crippen LogP contribution in [0.1, 0.15) is 26.8 Å². The number of anilines is 1. The molecule has 0 fully saturated rings. The highest BCUT2D eigenvalue weighted by molar-refractivity contribution is 5.62. The molecular formula is C16H20N2O2. The van der Waals surface area contributed by atoms with Gasteiger partial charge in [-0.15, -0.1) is 0 Å². The lowest BCUT2D eigenvalue weighted by Crippen LogP contribution is -2.25. The van der Waals surface area contributed by atoms with Gasteiger partial charge in [0.15, 0.2) is 0 Å². The molecule has 0 aliphatic rings. The highest BCUT2D eigenvalue weighted by Crippen LogP contribution is 2.24. The second-order valence-electron chi connectivity index (χ2n) is 4.90. The van der Waals surface area contributed by atoms with Crippen LogP contribution in [0.3, 0.4) is 0 Å². The smallest absolute Gasteiger partial charge is 0.274 e. The number of hydrogen-bond acceptors (Lipinski definition) is 3. The Morgan fingerprint density at radius 1 is 1.15 bits per heavy atom. The van der Waals surface area contributed by atoms with E-state index in [9.17, 15) is 4.79 Å². The van der Waals surface area contributed by atoms with Gasteiger partial charge in [-0.05, 0) is 62.7 Å². The normalized spacial score (nSPS) is 10.8. The molecule has 0 aliphatic heterocycles.